The van der Waals surface area contributed by atoms with Gasteiger partial charge in [0.25, 0.3) is 5.56 Å². The number of benzene rings is 1. The Morgan fingerprint density at radius 3 is 2.54 bits per heavy atom. The molecule has 2 aromatic heterocycles. The van der Waals surface area contributed by atoms with Crippen LogP contribution in [0.15, 0.2) is 27.8 Å². The molecule has 0 aliphatic heterocycles. The number of rotatable bonds is 6. The zero-order chi connectivity index (χ0) is 20.6. The number of hydrogen-bond donors (Lipinski definition) is 2. The van der Waals surface area contributed by atoms with Gasteiger partial charge in [0, 0.05) is 26.7 Å². The number of fused-ring (bicyclic) bond motifs is 1. The topological polar surface area (TPSA) is 94.1 Å². The summed E-state index contributed by atoms with van der Waals surface area (Å²) >= 11 is 12.0. The molecule has 0 fully saturated rings. The maximum atomic E-state index is 13.1. The lowest BCUT2D eigenvalue weighted by Gasteiger charge is -2.12. The van der Waals surface area contributed by atoms with E-state index >= 15 is 0 Å². The predicted molar refractivity (Wildman–Crippen MR) is 111 cm³/mol. The van der Waals surface area contributed by atoms with Gasteiger partial charge in [-0.3, -0.25) is 13.9 Å². The minimum Gasteiger partial charge on any atom is -0.396 e. The Morgan fingerprint density at radius 2 is 1.89 bits per heavy atom. The molecule has 3 rings (SSSR count). The standard InChI is InChI=1S/C18H21Cl2N5O3/c1-10(6-7-26)21-17-22-15-14(23(17)2)16(27)25(18(28)24(15)3)9-11-4-5-12(19)13(20)8-11/h4-5,8,10,26H,6-7,9H2,1-3H3,(H,21,22). The SMILES string of the molecule is CC(CCO)Nc1nc2c(c(=O)n(Cc3ccc(Cl)c(Cl)c3)c(=O)n2C)n1C. The molecule has 2 N–H and O–H groups in total. The van der Waals surface area contributed by atoms with Crippen molar-refractivity contribution < 1.29 is 5.11 Å². The predicted octanol–water partition coefficient (Wildman–Crippen LogP) is 1.97. The minimum atomic E-state index is -0.475. The van der Waals surface area contributed by atoms with Crippen molar-refractivity contribution in [2.45, 2.75) is 25.9 Å². The molecular formula is C18H21Cl2N5O3. The normalized spacial score (nSPS) is 12.5. The Kier molecular flexibility index (Phi) is 5.83. The molecule has 10 heteroatoms. The first kappa shape index (κ1) is 20.4. The zero-order valence-corrected chi connectivity index (χ0v) is 17.3. The van der Waals surface area contributed by atoms with E-state index < -0.39 is 11.2 Å². The van der Waals surface area contributed by atoms with E-state index in [4.69, 9.17) is 28.3 Å². The van der Waals surface area contributed by atoms with E-state index in [1.165, 1.54) is 4.57 Å². The van der Waals surface area contributed by atoms with Crippen LogP contribution < -0.4 is 16.6 Å². The van der Waals surface area contributed by atoms with Crippen LogP contribution in [0, 0.1) is 0 Å². The fourth-order valence-corrected chi connectivity index (χ4v) is 3.34. The van der Waals surface area contributed by atoms with Crippen LogP contribution in [-0.4, -0.2) is 36.4 Å². The van der Waals surface area contributed by atoms with Gasteiger partial charge < -0.3 is 15.0 Å². The molecule has 28 heavy (non-hydrogen) atoms. The molecule has 8 nitrogen and oxygen atoms in total. The van der Waals surface area contributed by atoms with Gasteiger partial charge in [-0.1, -0.05) is 29.3 Å². The van der Waals surface area contributed by atoms with Crippen LogP contribution in [0.1, 0.15) is 18.9 Å². The highest BCUT2D eigenvalue weighted by atomic mass is 35.5. The zero-order valence-electron chi connectivity index (χ0n) is 15.7. The Morgan fingerprint density at radius 1 is 1.18 bits per heavy atom. The number of halogens is 2. The number of nitrogens with one attached hydrogen (secondary N) is 1. The second-order valence-electron chi connectivity index (χ2n) is 6.71. The molecule has 0 saturated heterocycles. The van der Waals surface area contributed by atoms with Crippen molar-refractivity contribution in [1.82, 2.24) is 18.7 Å². The van der Waals surface area contributed by atoms with Crippen LogP contribution >= 0.6 is 23.2 Å². The van der Waals surface area contributed by atoms with Crippen LogP contribution in [0.4, 0.5) is 5.95 Å². The summed E-state index contributed by atoms with van der Waals surface area (Å²) in [7, 11) is 3.28. The largest absolute Gasteiger partial charge is 0.396 e. The lowest BCUT2D eigenvalue weighted by atomic mass is 10.2. The monoisotopic (exact) mass is 425 g/mol. The number of aliphatic hydroxyl groups is 1. The van der Waals surface area contributed by atoms with E-state index in [9.17, 15) is 9.59 Å². The minimum absolute atomic E-state index is 0.0348. The van der Waals surface area contributed by atoms with E-state index in [2.05, 4.69) is 10.3 Å². The molecule has 0 radical (unpaired) electrons. The van der Waals surface area contributed by atoms with Gasteiger partial charge in [0.1, 0.15) is 0 Å². The van der Waals surface area contributed by atoms with Gasteiger partial charge in [-0.25, -0.2) is 4.79 Å². The summed E-state index contributed by atoms with van der Waals surface area (Å²) in [5.41, 5.74) is 0.367. The highest BCUT2D eigenvalue weighted by Gasteiger charge is 2.19. The first-order valence-corrected chi connectivity index (χ1v) is 9.47. The van der Waals surface area contributed by atoms with Crippen molar-refractivity contribution in [2.24, 2.45) is 14.1 Å². The number of aromatic nitrogens is 4. The Bertz CT molecular complexity index is 1150. The van der Waals surface area contributed by atoms with Crippen LogP contribution in [0.25, 0.3) is 11.2 Å². The van der Waals surface area contributed by atoms with Gasteiger partial charge in [-0.2, -0.15) is 4.98 Å². The van der Waals surface area contributed by atoms with Gasteiger partial charge >= 0.3 is 5.69 Å². The molecule has 2 heterocycles. The lowest BCUT2D eigenvalue weighted by molar-refractivity contribution is 0.282. The smallest absolute Gasteiger partial charge is 0.332 e. The third-order valence-corrected chi connectivity index (χ3v) is 5.36. The van der Waals surface area contributed by atoms with E-state index in [-0.39, 0.29) is 19.2 Å². The third-order valence-electron chi connectivity index (χ3n) is 4.62. The molecule has 1 aromatic carbocycles. The van der Waals surface area contributed by atoms with Crippen molar-refractivity contribution in [3.8, 4) is 0 Å². The van der Waals surface area contributed by atoms with Gasteiger partial charge in [0.15, 0.2) is 11.2 Å². The molecule has 0 aliphatic rings. The molecule has 0 amide bonds. The van der Waals surface area contributed by atoms with Crippen molar-refractivity contribution in [1.29, 1.82) is 0 Å². The summed E-state index contributed by atoms with van der Waals surface area (Å²) in [6.07, 6.45) is 0.531. The Labute approximate surface area is 170 Å². The maximum absolute atomic E-state index is 13.1. The molecule has 3 aromatic rings. The van der Waals surface area contributed by atoms with Crippen molar-refractivity contribution in [2.75, 3.05) is 11.9 Å². The van der Waals surface area contributed by atoms with Gasteiger partial charge in [-0.05, 0) is 31.0 Å². The fraction of sp³-hybridized carbons (Fsp3) is 0.389. The fourth-order valence-electron chi connectivity index (χ4n) is 3.02. The number of anilines is 1. The molecule has 1 unspecified atom stereocenters. The molecule has 0 saturated carbocycles. The number of aryl methyl sites for hydroxylation is 2. The molecule has 0 aliphatic carbocycles. The first-order valence-electron chi connectivity index (χ1n) is 8.72. The highest BCUT2D eigenvalue weighted by molar-refractivity contribution is 6.42. The second-order valence-corrected chi connectivity index (χ2v) is 7.52. The molecule has 1 atom stereocenters. The average molecular weight is 426 g/mol. The molecular weight excluding hydrogens is 405 g/mol. The summed E-state index contributed by atoms with van der Waals surface area (Å²) < 4.78 is 4.11. The van der Waals surface area contributed by atoms with E-state index in [1.807, 2.05) is 6.92 Å². The quantitative estimate of drug-likeness (QED) is 0.629. The molecule has 0 spiro atoms. The molecule has 0 bridgehead atoms. The van der Waals surface area contributed by atoms with Crippen LogP contribution in [-0.2, 0) is 20.6 Å². The van der Waals surface area contributed by atoms with Gasteiger partial charge in [0.2, 0.25) is 5.95 Å². The number of hydrogen-bond acceptors (Lipinski definition) is 5. The van der Waals surface area contributed by atoms with Gasteiger partial charge in [-0.15, -0.1) is 0 Å². The van der Waals surface area contributed by atoms with E-state index in [0.717, 1.165) is 4.57 Å². The van der Waals surface area contributed by atoms with E-state index in [0.29, 0.717) is 39.1 Å². The van der Waals surface area contributed by atoms with E-state index in [1.54, 1.807) is 36.9 Å². The summed E-state index contributed by atoms with van der Waals surface area (Å²) in [6, 6.07) is 4.93. The number of nitrogens with zero attached hydrogens (tertiary/aromatic N) is 4. The van der Waals surface area contributed by atoms with Crippen LogP contribution in [0.5, 0.6) is 0 Å². The second kappa shape index (κ2) is 7.98. The number of imidazole rings is 1. The van der Waals surface area contributed by atoms with Crippen molar-refractivity contribution in [3.63, 3.8) is 0 Å². The molecule has 150 valence electrons. The Hall–Kier alpha value is -2.29. The first-order chi connectivity index (χ1) is 13.2. The Balaban J connectivity index is 2.12. The summed E-state index contributed by atoms with van der Waals surface area (Å²) in [5, 5.41) is 13.0. The van der Waals surface area contributed by atoms with Crippen molar-refractivity contribution >= 4 is 40.3 Å². The highest BCUT2D eigenvalue weighted by Crippen LogP contribution is 2.23. The summed E-state index contributed by atoms with van der Waals surface area (Å²) in [4.78, 5) is 30.2. The van der Waals surface area contributed by atoms with Crippen LogP contribution in [0.3, 0.4) is 0 Å². The summed E-state index contributed by atoms with van der Waals surface area (Å²) in [6.45, 7) is 2.00. The maximum Gasteiger partial charge on any atom is 0.332 e. The van der Waals surface area contributed by atoms with Crippen molar-refractivity contribution in [3.05, 3.63) is 54.6 Å². The summed E-state index contributed by atoms with van der Waals surface area (Å²) in [5.74, 6) is 0.454. The van der Waals surface area contributed by atoms with Crippen LogP contribution in [0.2, 0.25) is 10.0 Å². The average Bonchev–Trinajstić information content (AvgIpc) is 2.96. The lowest BCUT2D eigenvalue weighted by Crippen LogP contribution is -2.39. The van der Waals surface area contributed by atoms with Gasteiger partial charge in [0.05, 0.1) is 16.6 Å². The third kappa shape index (κ3) is 3.67. The number of aliphatic hydroxyl groups excluding tert-OH is 1.